The summed E-state index contributed by atoms with van der Waals surface area (Å²) in [7, 11) is 3.05. The molecule has 2 rings (SSSR count). The first kappa shape index (κ1) is 20.3. The van der Waals surface area contributed by atoms with E-state index in [9.17, 15) is 9.59 Å². The van der Waals surface area contributed by atoms with Gasteiger partial charge in [-0.05, 0) is 42.7 Å². The van der Waals surface area contributed by atoms with Gasteiger partial charge in [-0.15, -0.1) is 0 Å². The SMILES string of the molecule is COc1ccc(C)cc1NC(=O)C(NC(=O)c1ccccc1OC)C(C)C. The minimum Gasteiger partial charge on any atom is -0.496 e. The Hall–Kier alpha value is -3.02. The van der Waals surface area contributed by atoms with Crippen LogP contribution in [-0.2, 0) is 4.79 Å². The number of aryl methyl sites for hydroxylation is 1. The van der Waals surface area contributed by atoms with Gasteiger partial charge in [-0.1, -0.05) is 32.0 Å². The second kappa shape index (κ2) is 9.07. The van der Waals surface area contributed by atoms with Gasteiger partial charge < -0.3 is 20.1 Å². The molecule has 2 aromatic carbocycles. The predicted molar refractivity (Wildman–Crippen MR) is 105 cm³/mol. The Balaban J connectivity index is 2.21. The molecule has 0 aromatic heterocycles. The van der Waals surface area contributed by atoms with Crippen molar-refractivity contribution >= 4 is 17.5 Å². The molecule has 0 saturated heterocycles. The molecule has 2 N–H and O–H groups in total. The minimum absolute atomic E-state index is 0.112. The molecule has 144 valence electrons. The first-order valence-electron chi connectivity index (χ1n) is 8.76. The van der Waals surface area contributed by atoms with Gasteiger partial charge in [0.2, 0.25) is 5.91 Å². The molecule has 2 aromatic rings. The summed E-state index contributed by atoms with van der Waals surface area (Å²) >= 11 is 0. The van der Waals surface area contributed by atoms with Crippen molar-refractivity contribution in [3.8, 4) is 11.5 Å². The Morgan fingerprint density at radius 2 is 1.63 bits per heavy atom. The smallest absolute Gasteiger partial charge is 0.255 e. The van der Waals surface area contributed by atoms with Crippen LogP contribution in [0.15, 0.2) is 42.5 Å². The van der Waals surface area contributed by atoms with Crippen molar-refractivity contribution in [1.29, 1.82) is 0 Å². The number of nitrogens with one attached hydrogen (secondary N) is 2. The predicted octanol–water partition coefficient (Wildman–Crippen LogP) is 3.41. The van der Waals surface area contributed by atoms with Crippen molar-refractivity contribution in [3.05, 3.63) is 53.6 Å². The fourth-order valence-corrected chi connectivity index (χ4v) is 2.72. The number of amides is 2. The molecule has 0 bridgehead atoms. The zero-order chi connectivity index (χ0) is 20.0. The van der Waals surface area contributed by atoms with E-state index < -0.39 is 6.04 Å². The van der Waals surface area contributed by atoms with Crippen molar-refractivity contribution in [3.63, 3.8) is 0 Å². The van der Waals surface area contributed by atoms with Gasteiger partial charge in [0.25, 0.3) is 5.91 Å². The second-order valence-electron chi connectivity index (χ2n) is 6.59. The molecule has 1 atom stereocenters. The monoisotopic (exact) mass is 370 g/mol. The highest BCUT2D eigenvalue weighted by Gasteiger charge is 2.26. The van der Waals surface area contributed by atoms with E-state index in [0.29, 0.717) is 22.7 Å². The summed E-state index contributed by atoms with van der Waals surface area (Å²) in [6, 6.07) is 11.7. The Kier molecular flexibility index (Phi) is 6.82. The van der Waals surface area contributed by atoms with Crippen LogP contribution in [0.25, 0.3) is 0 Å². The molecule has 2 amide bonds. The lowest BCUT2D eigenvalue weighted by Crippen LogP contribution is -2.47. The molecule has 0 aliphatic heterocycles. The number of hydrogen-bond donors (Lipinski definition) is 2. The summed E-state index contributed by atoms with van der Waals surface area (Å²) in [6.07, 6.45) is 0. The molecule has 0 saturated carbocycles. The van der Waals surface area contributed by atoms with Crippen LogP contribution in [0.4, 0.5) is 5.69 Å². The maximum atomic E-state index is 12.8. The van der Waals surface area contributed by atoms with Crippen LogP contribution in [0.1, 0.15) is 29.8 Å². The van der Waals surface area contributed by atoms with Crippen LogP contribution in [0, 0.1) is 12.8 Å². The lowest BCUT2D eigenvalue weighted by molar-refractivity contribution is -0.118. The summed E-state index contributed by atoms with van der Waals surface area (Å²) < 4.78 is 10.5. The van der Waals surface area contributed by atoms with Crippen molar-refractivity contribution in [1.82, 2.24) is 5.32 Å². The quantitative estimate of drug-likeness (QED) is 0.783. The number of benzene rings is 2. The average Bonchev–Trinajstić information content (AvgIpc) is 2.65. The van der Waals surface area contributed by atoms with Gasteiger partial charge >= 0.3 is 0 Å². The first-order chi connectivity index (χ1) is 12.9. The summed E-state index contributed by atoms with van der Waals surface area (Å²) in [5.74, 6) is 0.236. The van der Waals surface area contributed by atoms with Crippen LogP contribution in [0.3, 0.4) is 0 Å². The zero-order valence-electron chi connectivity index (χ0n) is 16.3. The van der Waals surface area contributed by atoms with Crippen LogP contribution >= 0.6 is 0 Å². The maximum Gasteiger partial charge on any atom is 0.255 e. The van der Waals surface area contributed by atoms with Crippen molar-refractivity contribution in [2.24, 2.45) is 5.92 Å². The van der Waals surface area contributed by atoms with Crippen LogP contribution in [0.5, 0.6) is 11.5 Å². The Labute approximate surface area is 159 Å². The Morgan fingerprint density at radius 1 is 0.963 bits per heavy atom. The standard InChI is InChI=1S/C21H26N2O4/c1-13(2)19(23-20(24)15-8-6-7-9-17(15)26-4)21(25)22-16-12-14(3)10-11-18(16)27-5/h6-13,19H,1-5H3,(H,22,25)(H,23,24). The van der Waals surface area contributed by atoms with Crippen LogP contribution < -0.4 is 20.1 Å². The van der Waals surface area contributed by atoms with E-state index in [1.165, 1.54) is 7.11 Å². The Morgan fingerprint density at radius 3 is 2.26 bits per heavy atom. The maximum absolute atomic E-state index is 12.8. The molecule has 0 radical (unpaired) electrons. The molecule has 6 nitrogen and oxygen atoms in total. The fourth-order valence-electron chi connectivity index (χ4n) is 2.72. The normalized spacial score (nSPS) is 11.6. The molecule has 0 aliphatic rings. The molecule has 6 heteroatoms. The number of ether oxygens (including phenoxy) is 2. The number of carbonyl (C=O) groups excluding carboxylic acids is 2. The van der Waals surface area contributed by atoms with E-state index in [4.69, 9.17) is 9.47 Å². The van der Waals surface area contributed by atoms with E-state index in [1.54, 1.807) is 37.4 Å². The van der Waals surface area contributed by atoms with Crippen molar-refractivity contribution in [2.75, 3.05) is 19.5 Å². The van der Waals surface area contributed by atoms with Gasteiger partial charge in [0.1, 0.15) is 17.5 Å². The minimum atomic E-state index is -0.715. The van der Waals surface area contributed by atoms with Gasteiger partial charge in [-0.3, -0.25) is 9.59 Å². The summed E-state index contributed by atoms with van der Waals surface area (Å²) in [4.78, 5) is 25.5. The largest absolute Gasteiger partial charge is 0.496 e. The third-order valence-corrected chi connectivity index (χ3v) is 4.20. The summed E-state index contributed by atoms with van der Waals surface area (Å²) in [6.45, 7) is 5.68. The van der Waals surface area contributed by atoms with Gasteiger partial charge in [0.05, 0.1) is 25.5 Å². The average molecular weight is 370 g/mol. The molecule has 0 fully saturated rings. The van der Waals surface area contributed by atoms with E-state index in [2.05, 4.69) is 10.6 Å². The molecule has 1 unspecified atom stereocenters. The number of carbonyl (C=O) groups is 2. The highest BCUT2D eigenvalue weighted by molar-refractivity contribution is 6.03. The molecular weight excluding hydrogens is 344 g/mol. The topological polar surface area (TPSA) is 76.7 Å². The van der Waals surface area contributed by atoms with E-state index in [-0.39, 0.29) is 17.7 Å². The first-order valence-corrected chi connectivity index (χ1v) is 8.76. The molecule has 0 aliphatic carbocycles. The summed E-state index contributed by atoms with van der Waals surface area (Å²) in [5, 5.41) is 5.67. The van der Waals surface area contributed by atoms with E-state index in [1.807, 2.05) is 32.9 Å². The van der Waals surface area contributed by atoms with Crippen LogP contribution in [-0.4, -0.2) is 32.1 Å². The Bertz CT molecular complexity index is 818. The van der Waals surface area contributed by atoms with E-state index >= 15 is 0 Å². The highest BCUT2D eigenvalue weighted by atomic mass is 16.5. The molecule has 27 heavy (non-hydrogen) atoms. The third kappa shape index (κ3) is 5.00. The number of para-hydroxylation sites is 1. The molecular formula is C21H26N2O4. The fraction of sp³-hybridized carbons (Fsp3) is 0.333. The lowest BCUT2D eigenvalue weighted by Gasteiger charge is -2.23. The zero-order valence-corrected chi connectivity index (χ0v) is 16.3. The number of hydrogen-bond acceptors (Lipinski definition) is 4. The number of rotatable bonds is 7. The van der Waals surface area contributed by atoms with Gasteiger partial charge in [0, 0.05) is 0 Å². The molecule has 0 spiro atoms. The second-order valence-corrected chi connectivity index (χ2v) is 6.59. The van der Waals surface area contributed by atoms with Crippen molar-refractivity contribution in [2.45, 2.75) is 26.8 Å². The van der Waals surface area contributed by atoms with Crippen LogP contribution in [0.2, 0.25) is 0 Å². The van der Waals surface area contributed by atoms with Gasteiger partial charge in [-0.2, -0.15) is 0 Å². The van der Waals surface area contributed by atoms with Crippen molar-refractivity contribution < 1.29 is 19.1 Å². The summed E-state index contributed by atoms with van der Waals surface area (Å²) in [5.41, 5.74) is 1.94. The van der Waals surface area contributed by atoms with Gasteiger partial charge in [-0.25, -0.2) is 0 Å². The molecule has 0 heterocycles. The van der Waals surface area contributed by atoms with E-state index in [0.717, 1.165) is 5.56 Å². The number of methoxy groups -OCH3 is 2. The lowest BCUT2D eigenvalue weighted by atomic mass is 10.0. The van der Waals surface area contributed by atoms with Gasteiger partial charge in [0.15, 0.2) is 0 Å². The number of anilines is 1. The third-order valence-electron chi connectivity index (χ3n) is 4.20. The highest BCUT2D eigenvalue weighted by Crippen LogP contribution is 2.26.